The van der Waals surface area contributed by atoms with Gasteiger partial charge >= 0.3 is 0 Å². The molecule has 1 amide bonds. The monoisotopic (exact) mass is 411 g/mol. The molecule has 0 saturated carbocycles. The summed E-state index contributed by atoms with van der Waals surface area (Å²) in [5.41, 5.74) is 3.70. The summed E-state index contributed by atoms with van der Waals surface area (Å²) < 4.78 is 17.2. The molecule has 30 heavy (non-hydrogen) atoms. The second-order valence-corrected chi connectivity index (χ2v) is 8.02. The average Bonchev–Trinajstić information content (AvgIpc) is 2.76. The Bertz CT molecular complexity index is 862. The molecule has 5 nitrogen and oxygen atoms in total. The Hall–Kier alpha value is -2.69. The average molecular weight is 412 g/mol. The van der Waals surface area contributed by atoms with Crippen molar-refractivity contribution in [2.24, 2.45) is 0 Å². The van der Waals surface area contributed by atoms with E-state index in [1.807, 2.05) is 45.0 Å². The van der Waals surface area contributed by atoms with Gasteiger partial charge in [0.05, 0.1) is 13.2 Å². The maximum Gasteiger partial charge on any atom is 0.261 e. The molecule has 0 heterocycles. The molecule has 162 valence electrons. The Morgan fingerprint density at radius 3 is 2.47 bits per heavy atom. The van der Waals surface area contributed by atoms with Crippen LogP contribution in [0.5, 0.6) is 17.2 Å². The fourth-order valence-corrected chi connectivity index (χ4v) is 3.75. The molecule has 1 atom stereocenters. The summed E-state index contributed by atoms with van der Waals surface area (Å²) in [5, 5.41) is 2.98. The van der Waals surface area contributed by atoms with Crippen molar-refractivity contribution in [1.82, 2.24) is 5.32 Å². The molecule has 0 bridgehead atoms. The number of amides is 1. The third kappa shape index (κ3) is 5.68. The van der Waals surface area contributed by atoms with E-state index in [0.29, 0.717) is 24.5 Å². The van der Waals surface area contributed by atoms with Gasteiger partial charge < -0.3 is 19.5 Å². The fourth-order valence-electron chi connectivity index (χ4n) is 3.75. The van der Waals surface area contributed by atoms with Gasteiger partial charge in [-0.2, -0.15) is 0 Å². The molecule has 1 unspecified atom stereocenters. The van der Waals surface area contributed by atoms with Gasteiger partial charge in [-0.15, -0.1) is 0 Å². The number of fused-ring (bicyclic) bond motifs is 1. The molecule has 0 saturated heterocycles. The molecule has 1 N–H and O–H groups in total. The van der Waals surface area contributed by atoms with Crippen molar-refractivity contribution in [2.75, 3.05) is 7.11 Å². The number of rotatable bonds is 9. The van der Waals surface area contributed by atoms with E-state index in [0.717, 1.165) is 24.2 Å². The van der Waals surface area contributed by atoms with Crippen LogP contribution < -0.4 is 19.5 Å². The first-order valence-corrected chi connectivity index (χ1v) is 10.9. The van der Waals surface area contributed by atoms with Crippen LogP contribution >= 0.6 is 0 Å². The van der Waals surface area contributed by atoms with Crippen LogP contribution in [0.2, 0.25) is 0 Å². The molecular formula is C25H33NO4. The van der Waals surface area contributed by atoms with Crippen LogP contribution in [-0.4, -0.2) is 25.2 Å². The van der Waals surface area contributed by atoms with E-state index in [1.54, 1.807) is 7.11 Å². The number of aryl methyl sites for hydroxylation is 2. The minimum atomic E-state index is -0.517. The van der Waals surface area contributed by atoms with Crippen LogP contribution in [0.15, 0.2) is 36.4 Å². The number of hydrogen-bond acceptors (Lipinski definition) is 4. The van der Waals surface area contributed by atoms with Gasteiger partial charge in [0, 0.05) is 6.54 Å². The number of ether oxygens (including phenoxy) is 3. The van der Waals surface area contributed by atoms with E-state index in [9.17, 15) is 4.79 Å². The quantitative estimate of drug-likeness (QED) is 0.642. The van der Waals surface area contributed by atoms with E-state index < -0.39 is 6.10 Å². The molecule has 0 radical (unpaired) electrons. The van der Waals surface area contributed by atoms with Crippen molar-refractivity contribution in [3.05, 3.63) is 53.1 Å². The summed E-state index contributed by atoms with van der Waals surface area (Å²) >= 11 is 0. The number of benzene rings is 2. The van der Waals surface area contributed by atoms with Crippen molar-refractivity contribution in [3.63, 3.8) is 0 Å². The van der Waals surface area contributed by atoms with Crippen molar-refractivity contribution < 1.29 is 19.0 Å². The lowest BCUT2D eigenvalue weighted by molar-refractivity contribution is -0.128. The van der Waals surface area contributed by atoms with Gasteiger partial charge in [0.15, 0.2) is 17.6 Å². The summed E-state index contributed by atoms with van der Waals surface area (Å²) in [5.74, 6) is 2.02. The smallest absolute Gasteiger partial charge is 0.261 e. The fraction of sp³-hybridized carbons (Fsp3) is 0.480. The Balaban J connectivity index is 1.60. The van der Waals surface area contributed by atoms with Gasteiger partial charge in [-0.05, 0) is 86.9 Å². The third-order valence-corrected chi connectivity index (χ3v) is 5.32. The van der Waals surface area contributed by atoms with Crippen LogP contribution in [0.4, 0.5) is 0 Å². The highest BCUT2D eigenvalue weighted by atomic mass is 16.5. The third-order valence-electron chi connectivity index (χ3n) is 5.32. The van der Waals surface area contributed by atoms with Crippen molar-refractivity contribution in [3.8, 4) is 17.2 Å². The molecule has 1 aliphatic rings. The largest absolute Gasteiger partial charge is 0.493 e. The summed E-state index contributed by atoms with van der Waals surface area (Å²) in [4.78, 5) is 12.7. The molecule has 0 fully saturated rings. The number of carbonyl (C=O) groups excluding carboxylic acids is 1. The van der Waals surface area contributed by atoms with E-state index in [1.165, 1.54) is 24.0 Å². The molecule has 0 spiro atoms. The predicted molar refractivity (Wildman–Crippen MR) is 118 cm³/mol. The highest BCUT2D eigenvalue weighted by Gasteiger charge is 2.19. The minimum Gasteiger partial charge on any atom is -0.493 e. The second-order valence-electron chi connectivity index (χ2n) is 8.02. The van der Waals surface area contributed by atoms with Crippen molar-refractivity contribution in [2.45, 2.75) is 71.6 Å². The molecular weight excluding hydrogens is 378 g/mol. The standard InChI is InChI=1S/C25H33NO4/c1-5-22(30-21-12-11-19-8-6-7-9-20(19)15-21)25(27)26-16-18-10-13-23(29-17(2)3)24(14-18)28-4/h10-15,17,22H,5-9,16H2,1-4H3,(H,26,27). The number of carbonyl (C=O) groups is 1. The van der Waals surface area contributed by atoms with Crippen molar-refractivity contribution >= 4 is 5.91 Å². The zero-order valence-corrected chi connectivity index (χ0v) is 18.5. The Morgan fingerprint density at radius 2 is 1.77 bits per heavy atom. The highest BCUT2D eigenvalue weighted by Crippen LogP contribution is 2.29. The lowest BCUT2D eigenvalue weighted by Gasteiger charge is -2.20. The van der Waals surface area contributed by atoms with E-state index in [-0.39, 0.29) is 12.0 Å². The van der Waals surface area contributed by atoms with Crippen LogP contribution in [0, 0.1) is 0 Å². The summed E-state index contributed by atoms with van der Waals surface area (Å²) in [6.45, 7) is 6.31. The maximum atomic E-state index is 12.7. The van der Waals surface area contributed by atoms with E-state index in [2.05, 4.69) is 17.4 Å². The van der Waals surface area contributed by atoms with E-state index >= 15 is 0 Å². The van der Waals surface area contributed by atoms with Crippen LogP contribution in [0.3, 0.4) is 0 Å². The zero-order chi connectivity index (χ0) is 21.5. The first-order chi connectivity index (χ1) is 14.5. The molecule has 5 heteroatoms. The maximum absolute atomic E-state index is 12.7. The van der Waals surface area contributed by atoms with Crippen LogP contribution in [0.25, 0.3) is 0 Å². The summed E-state index contributed by atoms with van der Waals surface area (Å²) in [6, 6.07) is 11.9. The van der Waals surface area contributed by atoms with E-state index in [4.69, 9.17) is 14.2 Å². The summed E-state index contributed by atoms with van der Waals surface area (Å²) in [6.07, 6.45) is 4.85. The first kappa shape index (κ1) is 22.0. The lowest BCUT2D eigenvalue weighted by Crippen LogP contribution is -2.37. The molecule has 0 aromatic heterocycles. The van der Waals surface area contributed by atoms with Gasteiger partial charge in [0.2, 0.25) is 0 Å². The topological polar surface area (TPSA) is 56.8 Å². The lowest BCUT2D eigenvalue weighted by atomic mass is 9.92. The molecule has 2 aromatic rings. The Kier molecular flexibility index (Phi) is 7.61. The number of hydrogen-bond donors (Lipinski definition) is 1. The van der Waals surface area contributed by atoms with Gasteiger partial charge in [0.1, 0.15) is 5.75 Å². The SMILES string of the molecule is CCC(Oc1ccc2c(c1)CCCC2)C(=O)NCc1ccc(OC(C)C)c(OC)c1. The van der Waals surface area contributed by atoms with Crippen LogP contribution in [0.1, 0.15) is 56.7 Å². The molecule has 2 aromatic carbocycles. The summed E-state index contributed by atoms with van der Waals surface area (Å²) in [7, 11) is 1.62. The number of methoxy groups -OCH3 is 1. The van der Waals surface area contributed by atoms with Crippen molar-refractivity contribution in [1.29, 1.82) is 0 Å². The highest BCUT2D eigenvalue weighted by molar-refractivity contribution is 5.81. The van der Waals surface area contributed by atoms with Gasteiger partial charge in [-0.25, -0.2) is 0 Å². The minimum absolute atomic E-state index is 0.0653. The van der Waals surface area contributed by atoms with Crippen LogP contribution in [-0.2, 0) is 24.2 Å². The molecule has 1 aliphatic carbocycles. The number of nitrogens with one attached hydrogen (secondary N) is 1. The first-order valence-electron chi connectivity index (χ1n) is 10.9. The Morgan fingerprint density at radius 1 is 1.00 bits per heavy atom. The van der Waals surface area contributed by atoms with Gasteiger partial charge in [-0.1, -0.05) is 19.1 Å². The molecule has 3 rings (SSSR count). The Labute approximate surface area is 179 Å². The normalized spacial score (nSPS) is 14.0. The molecule has 0 aliphatic heterocycles. The second kappa shape index (κ2) is 10.4. The predicted octanol–water partition coefficient (Wildman–Crippen LogP) is 4.84. The van der Waals surface area contributed by atoms with Gasteiger partial charge in [0.25, 0.3) is 5.91 Å². The van der Waals surface area contributed by atoms with Gasteiger partial charge in [-0.3, -0.25) is 4.79 Å². The zero-order valence-electron chi connectivity index (χ0n) is 18.5.